The Bertz CT molecular complexity index is 931. The van der Waals surface area contributed by atoms with Crippen molar-refractivity contribution in [3.05, 3.63) is 59.7 Å². The third-order valence-corrected chi connectivity index (χ3v) is 3.76. The number of carboxylic acids is 2. The summed E-state index contributed by atoms with van der Waals surface area (Å²) >= 11 is 0. The molecule has 30 heavy (non-hydrogen) atoms. The monoisotopic (exact) mass is 413 g/mol. The average Bonchev–Trinajstić information content (AvgIpc) is 2.65. The van der Waals surface area contributed by atoms with E-state index in [-0.39, 0.29) is 12.0 Å². The molecule has 2 aromatic rings. The number of carbonyl (C=O) groups excluding carboxylic acids is 1. The van der Waals surface area contributed by atoms with E-state index in [1.165, 1.54) is 12.1 Å². The second-order valence-electron chi connectivity index (χ2n) is 7.46. The molecule has 0 aliphatic carbocycles. The van der Waals surface area contributed by atoms with E-state index < -0.39 is 29.7 Å². The second kappa shape index (κ2) is 9.64. The molecule has 0 radical (unpaired) electrons. The zero-order chi connectivity index (χ0) is 22.3. The lowest BCUT2D eigenvalue weighted by atomic mass is 10.1. The molecular formula is C21H23N3O6. The summed E-state index contributed by atoms with van der Waals surface area (Å²) in [5, 5.41) is 28.7. The first-order valence-electron chi connectivity index (χ1n) is 9.10. The Hall–Kier alpha value is -3.75. The molecule has 0 saturated heterocycles. The predicted octanol–water partition coefficient (Wildman–Crippen LogP) is 4.32. The van der Waals surface area contributed by atoms with Crippen LogP contribution in [-0.4, -0.2) is 39.9 Å². The maximum atomic E-state index is 11.8. The van der Waals surface area contributed by atoms with Crippen molar-refractivity contribution >= 4 is 29.4 Å². The van der Waals surface area contributed by atoms with Gasteiger partial charge in [0.15, 0.2) is 0 Å². The first-order chi connectivity index (χ1) is 14.0. The fraction of sp³-hybridized carbons (Fsp3) is 0.286. The maximum absolute atomic E-state index is 11.8. The van der Waals surface area contributed by atoms with Gasteiger partial charge in [-0.1, -0.05) is 12.1 Å². The molecular weight excluding hydrogens is 390 g/mol. The number of aromatic carboxylic acids is 1. The average molecular weight is 413 g/mol. The molecule has 0 bridgehead atoms. The van der Waals surface area contributed by atoms with E-state index in [0.29, 0.717) is 16.9 Å². The molecule has 1 amide bonds. The van der Waals surface area contributed by atoms with Crippen molar-refractivity contribution in [2.45, 2.75) is 38.8 Å². The van der Waals surface area contributed by atoms with Crippen molar-refractivity contribution in [3.63, 3.8) is 0 Å². The summed E-state index contributed by atoms with van der Waals surface area (Å²) in [5.41, 5.74) is 1.15. The molecule has 3 N–H and O–H groups in total. The van der Waals surface area contributed by atoms with Crippen LogP contribution in [0.25, 0.3) is 0 Å². The number of ether oxygens (including phenoxy) is 1. The highest BCUT2D eigenvalue weighted by Crippen LogP contribution is 2.20. The number of aliphatic carboxylic acids is 1. The van der Waals surface area contributed by atoms with Gasteiger partial charge in [0, 0.05) is 6.42 Å². The van der Waals surface area contributed by atoms with Gasteiger partial charge in [-0.3, -0.25) is 0 Å². The number of hydrogen-bond donors (Lipinski definition) is 3. The van der Waals surface area contributed by atoms with E-state index in [2.05, 4.69) is 15.5 Å². The molecule has 9 nitrogen and oxygen atoms in total. The summed E-state index contributed by atoms with van der Waals surface area (Å²) in [4.78, 5) is 34.1. The van der Waals surface area contributed by atoms with Crippen LogP contribution in [0.4, 0.5) is 16.2 Å². The van der Waals surface area contributed by atoms with Gasteiger partial charge in [-0.25, -0.2) is 14.4 Å². The van der Waals surface area contributed by atoms with Crippen molar-refractivity contribution in [1.82, 2.24) is 5.32 Å². The number of hydrogen-bond acceptors (Lipinski definition) is 6. The van der Waals surface area contributed by atoms with Crippen molar-refractivity contribution in [2.75, 3.05) is 0 Å². The Balaban J connectivity index is 2.00. The molecule has 0 spiro atoms. The van der Waals surface area contributed by atoms with E-state index in [4.69, 9.17) is 9.84 Å². The maximum Gasteiger partial charge on any atom is 0.408 e. The number of carbonyl (C=O) groups is 3. The minimum Gasteiger partial charge on any atom is -0.480 e. The van der Waals surface area contributed by atoms with Crippen LogP contribution < -0.4 is 5.32 Å². The number of rotatable bonds is 7. The third kappa shape index (κ3) is 7.34. The normalized spacial score (nSPS) is 12.4. The molecule has 0 saturated carbocycles. The lowest BCUT2D eigenvalue weighted by Gasteiger charge is -2.22. The Kier molecular flexibility index (Phi) is 7.24. The topological polar surface area (TPSA) is 138 Å². The molecule has 0 aliphatic rings. The van der Waals surface area contributed by atoms with Crippen LogP contribution in [0.15, 0.2) is 58.8 Å². The Labute approximate surface area is 173 Å². The summed E-state index contributed by atoms with van der Waals surface area (Å²) in [6.07, 6.45) is -0.725. The van der Waals surface area contributed by atoms with Crippen molar-refractivity contribution in [3.8, 4) is 0 Å². The summed E-state index contributed by atoms with van der Waals surface area (Å²) in [6.45, 7) is 5.07. The van der Waals surface area contributed by atoms with Crippen molar-refractivity contribution in [2.24, 2.45) is 10.2 Å². The van der Waals surface area contributed by atoms with Gasteiger partial charge in [0.1, 0.15) is 11.6 Å². The van der Waals surface area contributed by atoms with Gasteiger partial charge in [-0.05, 0) is 62.7 Å². The fourth-order valence-electron chi connectivity index (χ4n) is 2.37. The van der Waals surface area contributed by atoms with Crippen molar-refractivity contribution < 1.29 is 29.3 Å². The largest absolute Gasteiger partial charge is 0.480 e. The van der Waals surface area contributed by atoms with Gasteiger partial charge < -0.3 is 20.3 Å². The SMILES string of the molecule is CC(C)(C)OC(=O)N[C@@H](Cc1ccc(N=Nc2ccc(C(=O)O)cc2)cc1)C(=O)O. The van der Waals surface area contributed by atoms with E-state index in [1.807, 2.05) is 0 Å². The van der Waals surface area contributed by atoms with Gasteiger partial charge in [0.05, 0.1) is 16.9 Å². The highest BCUT2D eigenvalue weighted by molar-refractivity contribution is 5.87. The summed E-state index contributed by atoms with van der Waals surface area (Å²) in [7, 11) is 0. The van der Waals surface area contributed by atoms with Gasteiger partial charge in [-0.15, -0.1) is 0 Å². The van der Waals surface area contributed by atoms with Gasteiger partial charge >= 0.3 is 18.0 Å². The Morgan fingerprint density at radius 3 is 1.87 bits per heavy atom. The van der Waals surface area contributed by atoms with Crippen LogP contribution >= 0.6 is 0 Å². The lowest BCUT2D eigenvalue weighted by Crippen LogP contribution is -2.44. The minimum atomic E-state index is -1.17. The van der Waals surface area contributed by atoms with E-state index >= 15 is 0 Å². The molecule has 1 atom stereocenters. The van der Waals surface area contributed by atoms with Crippen LogP contribution in [-0.2, 0) is 16.0 Å². The van der Waals surface area contributed by atoms with Gasteiger partial charge in [-0.2, -0.15) is 10.2 Å². The number of nitrogens with zero attached hydrogens (tertiary/aromatic N) is 2. The predicted molar refractivity (Wildman–Crippen MR) is 109 cm³/mol. The van der Waals surface area contributed by atoms with Crippen molar-refractivity contribution in [1.29, 1.82) is 0 Å². The number of nitrogens with one attached hydrogen (secondary N) is 1. The Morgan fingerprint density at radius 1 is 0.933 bits per heavy atom. The highest BCUT2D eigenvalue weighted by Gasteiger charge is 2.24. The zero-order valence-electron chi connectivity index (χ0n) is 16.8. The van der Waals surface area contributed by atoms with Crippen LogP contribution in [0.3, 0.4) is 0 Å². The quantitative estimate of drug-likeness (QED) is 0.578. The molecule has 2 rings (SSSR count). The molecule has 0 fully saturated rings. The number of alkyl carbamates (subject to hydrolysis) is 1. The smallest absolute Gasteiger partial charge is 0.408 e. The van der Waals surface area contributed by atoms with E-state index in [9.17, 15) is 19.5 Å². The second-order valence-corrected chi connectivity index (χ2v) is 7.46. The standard InChI is InChI=1S/C21H23N3O6/c1-21(2,3)30-20(29)22-17(19(27)28)12-13-4-8-15(9-5-13)23-24-16-10-6-14(7-11-16)18(25)26/h4-11,17H,12H2,1-3H3,(H,22,29)(H,25,26)(H,27,28)/t17-/m0/s1. The van der Waals surface area contributed by atoms with Crippen LogP contribution in [0.1, 0.15) is 36.7 Å². The molecule has 9 heteroatoms. The van der Waals surface area contributed by atoms with Crippen LogP contribution in [0, 0.1) is 0 Å². The Morgan fingerprint density at radius 2 is 1.43 bits per heavy atom. The molecule has 158 valence electrons. The number of carboxylic acid groups (broad SMARTS) is 2. The summed E-state index contributed by atoms with van der Waals surface area (Å²) < 4.78 is 5.10. The first kappa shape index (κ1) is 22.5. The molecule has 0 aromatic heterocycles. The molecule has 0 heterocycles. The molecule has 0 unspecified atom stereocenters. The fourth-order valence-corrected chi connectivity index (χ4v) is 2.37. The first-order valence-corrected chi connectivity index (χ1v) is 9.10. The van der Waals surface area contributed by atoms with Crippen LogP contribution in [0.2, 0.25) is 0 Å². The van der Waals surface area contributed by atoms with Crippen LogP contribution in [0.5, 0.6) is 0 Å². The molecule has 0 aliphatic heterocycles. The summed E-state index contributed by atoms with van der Waals surface area (Å²) in [5.74, 6) is -2.19. The number of benzene rings is 2. The van der Waals surface area contributed by atoms with E-state index in [1.54, 1.807) is 57.2 Å². The van der Waals surface area contributed by atoms with Gasteiger partial charge in [0.25, 0.3) is 0 Å². The summed E-state index contributed by atoms with van der Waals surface area (Å²) in [6, 6.07) is 11.5. The third-order valence-electron chi connectivity index (χ3n) is 3.76. The highest BCUT2D eigenvalue weighted by atomic mass is 16.6. The number of azo groups is 1. The molecule has 2 aromatic carbocycles. The van der Waals surface area contributed by atoms with Gasteiger partial charge in [0.2, 0.25) is 0 Å². The minimum absolute atomic E-state index is 0.0721. The van der Waals surface area contributed by atoms with E-state index in [0.717, 1.165) is 0 Å². The zero-order valence-corrected chi connectivity index (χ0v) is 16.8. The number of amides is 1. The lowest BCUT2D eigenvalue weighted by molar-refractivity contribution is -0.139.